The summed E-state index contributed by atoms with van der Waals surface area (Å²) in [5.41, 5.74) is 0.927. The van der Waals surface area contributed by atoms with Crippen LogP contribution < -0.4 is 0 Å². The normalized spacial score (nSPS) is 17.1. The lowest BCUT2D eigenvalue weighted by Crippen LogP contribution is -2.45. The van der Waals surface area contributed by atoms with Gasteiger partial charge in [0.2, 0.25) is 0 Å². The monoisotopic (exact) mass is 306 g/mol. The van der Waals surface area contributed by atoms with E-state index in [1.54, 1.807) is 0 Å². The van der Waals surface area contributed by atoms with E-state index in [9.17, 15) is 5.11 Å². The fourth-order valence-electron chi connectivity index (χ4n) is 2.02. The van der Waals surface area contributed by atoms with Gasteiger partial charge in [-0.05, 0) is 23.7 Å². The Balaban J connectivity index is 2.88. The third-order valence-corrected chi connectivity index (χ3v) is 9.10. The summed E-state index contributed by atoms with van der Waals surface area (Å²) < 4.78 is 6.42. The molecule has 1 aromatic carbocycles. The molecule has 21 heavy (non-hydrogen) atoms. The van der Waals surface area contributed by atoms with Crippen LogP contribution in [0.1, 0.15) is 39.4 Å². The van der Waals surface area contributed by atoms with Crippen molar-refractivity contribution in [2.45, 2.75) is 58.0 Å². The summed E-state index contributed by atoms with van der Waals surface area (Å²) in [6.45, 7) is 17.0. The summed E-state index contributed by atoms with van der Waals surface area (Å²) in [5, 5.41) is 10.7. The van der Waals surface area contributed by atoms with E-state index >= 15 is 0 Å². The number of aliphatic hydroxyl groups is 1. The first kappa shape index (κ1) is 18.1. The minimum atomic E-state index is -1.88. The summed E-state index contributed by atoms with van der Waals surface area (Å²) in [6, 6.07) is 9.76. The van der Waals surface area contributed by atoms with Crippen LogP contribution in [0.25, 0.3) is 0 Å². The zero-order chi connectivity index (χ0) is 16.3. The number of hydrogen-bond donors (Lipinski definition) is 1. The van der Waals surface area contributed by atoms with Gasteiger partial charge in [0, 0.05) is 5.92 Å². The number of hydrogen-bond acceptors (Lipinski definition) is 2. The Morgan fingerprint density at radius 2 is 1.71 bits per heavy atom. The van der Waals surface area contributed by atoms with E-state index in [2.05, 4.69) is 40.4 Å². The van der Waals surface area contributed by atoms with E-state index in [-0.39, 0.29) is 17.1 Å². The molecule has 0 bridgehead atoms. The Morgan fingerprint density at radius 3 is 2.14 bits per heavy atom. The summed E-state index contributed by atoms with van der Waals surface area (Å²) in [7, 11) is -1.88. The van der Waals surface area contributed by atoms with Crippen LogP contribution >= 0.6 is 0 Å². The van der Waals surface area contributed by atoms with Gasteiger partial charge in [0.15, 0.2) is 8.32 Å². The van der Waals surface area contributed by atoms with Crippen LogP contribution in [0.4, 0.5) is 0 Å². The Labute approximate surface area is 131 Å². The van der Waals surface area contributed by atoms with Gasteiger partial charge >= 0.3 is 0 Å². The van der Waals surface area contributed by atoms with Gasteiger partial charge in [0.05, 0.1) is 12.2 Å². The van der Waals surface area contributed by atoms with Gasteiger partial charge < -0.3 is 9.53 Å². The molecule has 0 saturated carbocycles. The SMILES string of the molecule is C=C[C@@H](O[Si](C)(C)C(C)(C)C)[C@H](C)[C@H](O)c1ccccc1. The fourth-order valence-corrected chi connectivity index (χ4v) is 3.37. The van der Waals surface area contributed by atoms with Crippen molar-refractivity contribution in [1.82, 2.24) is 0 Å². The van der Waals surface area contributed by atoms with Crippen molar-refractivity contribution in [3.63, 3.8) is 0 Å². The van der Waals surface area contributed by atoms with Crippen molar-refractivity contribution in [3.8, 4) is 0 Å². The molecular weight excluding hydrogens is 276 g/mol. The van der Waals surface area contributed by atoms with Gasteiger partial charge in [-0.1, -0.05) is 64.1 Å². The number of aliphatic hydroxyl groups excluding tert-OH is 1. The molecular formula is C18H30O2Si. The maximum atomic E-state index is 10.6. The van der Waals surface area contributed by atoms with Crippen LogP contribution in [0, 0.1) is 5.92 Å². The van der Waals surface area contributed by atoms with Gasteiger partial charge in [-0.15, -0.1) is 6.58 Å². The predicted molar refractivity (Wildman–Crippen MR) is 92.8 cm³/mol. The molecule has 0 heterocycles. The second kappa shape index (κ2) is 6.90. The van der Waals surface area contributed by atoms with Crippen LogP contribution in [-0.2, 0) is 4.43 Å². The molecule has 0 spiro atoms. The van der Waals surface area contributed by atoms with E-state index in [4.69, 9.17) is 4.43 Å². The average Bonchev–Trinajstić information content (AvgIpc) is 2.43. The molecule has 0 amide bonds. The second-order valence-electron chi connectivity index (χ2n) is 7.29. The Hall–Kier alpha value is -0.903. The summed E-state index contributed by atoms with van der Waals surface area (Å²) in [6.07, 6.45) is 1.15. The van der Waals surface area contributed by atoms with E-state index in [1.807, 2.05) is 43.3 Å². The molecule has 2 nitrogen and oxygen atoms in total. The molecule has 118 valence electrons. The molecule has 3 atom stereocenters. The maximum absolute atomic E-state index is 10.6. The van der Waals surface area contributed by atoms with Crippen molar-refractivity contribution in [2.24, 2.45) is 5.92 Å². The van der Waals surface area contributed by atoms with Crippen molar-refractivity contribution in [2.75, 3.05) is 0 Å². The molecule has 1 aromatic rings. The first-order valence-corrected chi connectivity index (χ1v) is 10.5. The molecule has 0 radical (unpaired) electrons. The number of benzene rings is 1. The van der Waals surface area contributed by atoms with Gasteiger partial charge in [-0.3, -0.25) is 0 Å². The summed E-state index contributed by atoms with van der Waals surface area (Å²) >= 11 is 0. The molecule has 0 aromatic heterocycles. The largest absolute Gasteiger partial charge is 0.410 e. The average molecular weight is 307 g/mol. The van der Waals surface area contributed by atoms with E-state index < -0.39 is 14.4 Å². The van der Waals surface area contributed by atoms with Gasteiger partial charge in [-0.25, -0.2) is 0 Å². The lowest BCUT2D eigenvalue weighted by atomic mass is 9.93. The van der Waals surface area contributed by atoms with Gasteiger partial charge in [0.1, 0.15) is 0 Å². The molecule has 0 aliphatic carbocycles. The molecule has 1 N–H and O–H groups in total. The summed E-state index contributed by atoms with van der Waals surface area (Å²) in [4.78, 5) is 0. The fraction of sp³-hybridized carbons (Fsp3) is 0.556. The zero-order valence-electron chi connectivity index (χ0n) is 14.3. The highest BCUT2D eigenvalue weighted by Gasteiger charge is 2.40. The molecule has 0 fully saturated rings. The zero-order valence-corrected chi connectivity index (χ0v) is 15.3. The molecule has 0 aliphatic heterocycles. The lowest BCUT2D eigenvalue weighted by Gasteiger charge is -2.40. The molecule has 1 rings (SSSR count). The minimum Gasteiger partial charge on any atom is -0.410 e. The Morgan fingerprint density at radius 1 is 1.19 bits per heavy atom. The molecule has 0 unspecified atom stereocenters. The molecule has 0 aliphatic rings. The van der Waals surface area contributed by atoms with E-state index in [0.29, 0.717) is 0 Å². The summed E-state index contributed by atoms with van der Waals surface area (Å²) in [5.74, 6) is -0.0287. The minimum absolute atomic E-state index is 0.0287. The predicted octanol–water partition coefficient (Wildman–Crippen LogP) is 4.93. The highest BCUT2D eigenvalue weighted by Crippen LogP contribution is 2.39. The van der Waals surface area contributed by atoms with Crippen molar-refractivity contribution in [3.05, 3.63) is 48.6 Å². The third kappa shape index (κ3) is 4.53. The van der Waals surface area contributed by atoms with Crippen LogP contribution in [-0.4, -0.2) is 19.5 Å². The highest BCUT2D eigenvalue weighted by molar-refractivity contribution is 6.74. The van der Waals surface area contributed by atoms with Crippen LogP contribution in [0.3, 0.4) is 0 Å². The first-order chi connectivity index (χ1) is 9.60. The maximum Gasteiger partial charge on any atom is 0.192 e. The topological polar surface area (TPSA) is 29.5 Å². The standard InChI is InChI=1S/C18H30O2Si/c1-8-16(20-21(6,7)18(3,4)5)14(2)17(19)15-12-10-9-11-13-15/h8-14,16-17,19H,1H2,2-7H3/t14-,16+,17-/m0/s1. The lowest BCUT2D eigenvalue weighted by molar-refractivity contribution is 0.0495. The van der Waals surface area contributed by atoms with E-state index in [0.717, 1.165) is 5.56 Å². The Kier molecular flexibility index (Phi) is 5.97. The number of rotatable bonds is 6. The van der Waals surface area contributed by atoms with Crippen LogP contribution in [0.5, 0.6) is 0 Å². The van der Waals surface area contributed by atoms with Crippen LogP contribution in [0.2, 0.25) is 18.1 Å². The smallest absolute Gasteiger partial charge is 0.192 e. The highest BCUT2D eigenvalue weighted by atomic mass is 28.4. The van der Waals surface area contributed by atoms with Gasteiger partial charge in [-0.2, -0.15) is 0 Å². The van der Waals surface area contributed by atoms with Crippen molar-refractivity contribution in [1.29, 1.82) is 0 Å². The molecule has 3 heteroatoms. The van der Waals surface area contributed by atoms with E-state index in [1.165, 1.54) is 0 Å². The quantitative estimate of drug-likeness (QED) is 0.596. The second-order valence-corrected chi connectivity index (χ2v) is 12.0. The molecule has 0 saturated heterocycles. The Bertz CT molecular complexity index is 448. The van der Waals surface area contributed by atoms with Gasteiger partial charge in [0.25, 0.3) is 0 Å². The van der Waals surface area contributed by atoms with Crippen molar-refractivity contribution < 1.29 is 9.53 Å². The third-order valence-electron chi connectivity index (χ3n) is 4.63. The van der Waals surface area contributed by atoms with Crippen LogP contribution in [0.15, 0.2) is 43.0 Å². The van der Waals surface area contributed by atoms with Crippen molar-refractivity contribution >= 4 is 8.32 Å². The first-order valence-electron chi connectivity index (χ1n) is 7.63.